The highest BCUT2D eigenvalue weighted by atomic mass is 79.9. The smallest absolute Gasteiger partial charge is 0.210 e. The van der Waals surface area contributed by atoms with Crippen LogP contribution in [0.15, 0.2) is 38.3 Å². The summed E-state index contributed by atoms with van der Waals surface area (Å²) in [6.45, 7) is 0.301. The van der Waals surface area contributed by atoms with E-state index in [2.05, 4.69) is 20.7 Å². The minimum absolute atomic E-state index is 0.195. The molecule has 0 bridgehead atoms. The second-order valence-corrected chi connectivity index (χ2v) is 9.17. The van der Waals surface area contributed by atoms with Gasteiger partial charge in [0.2, 0.25) is 10.0 Å². The number of hydrogen-bond donors (Lipinski definition) is 1. The van der Waals surface area contributed by atoms with Gasteiger partial charge in [-0.3, -0.25) is 0 Å². The van der Waals surface area contributed by atoms with Gasteiger partial charge in [0, 0.05) is 11.6 Å². The summed E-state index contributed by atoms with van der Waals surface area (Å²) in [7, 11) is -3.52. The molecule has 0 spiro atoms. The molecule has 0 aliphatic rings. The summed E-state index contributed by atoms with van der Waals surface area (Å²) >= 11 is 16.0. The van der Waals surface area contributed by atoms with Crippen LogP contribution in [0.4, 0.5) is 0 Å². The molecule has 0 atom stereocenters. The van der Waals surface area contributed by atoms with Gasteiger partial charge in [-0.05, 0) is 46.1 Å². The van der Waals surface area contributed by atoms with E-state index in [0.717, 1.165) is 16.9 Å². The van der Waals surface area contributed by atoms with Crippen molar-refractivity contribution in [1.29, 1.82) is 0 Å². The maximum atomic E-state index is 12.0. The SMILES string of the molecule is O=S(=O)(NCCc1cccc(Cl)c1)c1cc(Cl)c(Br)s1. The Balaban J connectivity index is 1.99. The number of benzene rings is 1. The van der Waals surface area contributed by atoms with Crippen LogP contribution >= 0.6 is 50.5 Å². The van der Waals surface area contributed by atoms with Crippen molar-refractivity contribution in [3.05, 3.63) is 49.7 Å². The summed E-state index contributed by atoms with van der Waals surface area (Å²) in [4.78, 5) is 0. The Bertz CT molecular complexity index is 696. The zero-order chi connectivity index (χ0) is 14.8. The minimum Gasteiger partial charge on any atom is -0.210 e. The fourth-order valence-electron chi connectivity index (χ4n) is 1.55. The molecule has 1 N–H and O–H groups in total. The second-order valence-electron chi connectivity index (χ2n) is 3.96. The summed E-state index contributed by atoms with van der Waals surface area (Å²) in [5.74, 6) is 0. The van der Waals surface area contributed by atoms with Gasteiger partial charge < -0.3 is 0 Å². The van der Waals surface area contributed by atoms with Crippen LogP contribution in [0.3, 0.4) is 0 Å². The third-order valence-corrected chi connectivity index (χ3v) is 7.13. The molecule has 0 aliphatic heterocycles. The molecule has 20 heavy (non-hydrogen) atoms. The highest BCUT2D eigenvalue weighted by molar-refractivity contribution is 9.11. The van der Waals surface area contributed by atoms with Crippen LogP contribution in [0.2, 0.25) is 10.0 Å². The molecule has 0 unspecified atom stereocenters. The van der Waals surface area contributed by atoms with Crippen molar-refractivity contribution in [1.82, 2.24) is 4.72 Å². The Hall–Kier alpha value is -0.110. The first-order valence-corrected chi connectivity index (χ1v) is 9.42. The van der Waals surface area contributed by atoms with Crippen LogP contribution in [0.5, 0.6) is 0 Å². The second kappa shape index (κ2) is 6.77. The molecule has 2 aromatic rings. The monoisotopic (exact) mass is 413 g/mol. The molecule has 0 radical (unpaired) electrons. The number of thiophene rings is 1. The van der Waals surface area contributed by atoms with Crippen molar-refractivity contribution < 1.29 is 8.42 Å². The van der Waals surface area contributed by atoms with Crippen LogP contribution in [-0.4, -0.2) is 15.0 Å². The summed E-state index contributed by atoms with van der Waals surface area (Å²) < 4.78 is 27.4. The van der Waals surface area contributed by atoms with Gasteiger partial charge in [-0.25, -0.2) is 13.1 Å². The van der Waals surface area contributed by atoms with Gasteiger partial charge >= 0.3 is 0 Å². The lowest BCUT2D eigenvalue weighted by atomic mass is 10.2. The van der Waals surface area contributed by atoms with E-state index < -0.39 is 10.0 Å². The highest BCUT2D eigenvalue weighted by Gasteiger charge is 2.18. The maximum absolute atomic E-state index is 12.0. The number of rotatable bonds is 5. The third-order valence-electron chi connectivity index (χ3n) is 2.48. The van der Waals surface area contributed by atoms with Crippen LogP contribution in [-0.2, 0) is 16.4 Å². The Morgan fingerprint density at radius 3 is 2.60 bits per heavy atom. The molecule has 0 aliphatic carbocycles. The average Bonchev–Trinajstić information content (AvgIpc) is 2.70. The van der Waals surface area contributed by atoms with E-state index in [9.17, 15) is 8.42 Å². The zero-order valence-electron chi connectivity index (χ0n) is 10.1. The van der Waals surface area contributed by atoms with Crippen LogP contribution in [0, 0.1) is 0 Å². The van der Waals surface area contributed by atoms with Crippen molar-refractivity contribution in [3.8, 4) is 0 Å². The van der Waals surface area contributed by atoms with Gasteiger partial charge in [0.15, 0.2) is 0 Å². The molecule has 0 saturated carbocycles. The van der Waals surface area contributed by atoms with Crippen molar-refractivity contribution in [3.63, 3.8) is 0 Å². The van der Waals surface area contributed by atoms with Crippen molar-refractivity contribution in [2.45, 2.75) is 10.6 Å². The first kappa shape index (κ1) is 16.3. The van der Waals surface area contributed by atoms with Gasteiger partial charge in [0.1, 0.15) is 4.21 Å². The van der Waals surface area contributed by atoms with Gasteiger partial charge in [0.05, 0.1) is 8.81 Å². The van der Waals surface area contributed by atoms with E-state index in [-0.39, 0.29) is 4.21 Å². The van der Waals surface area contributed by atoms with Crippen molar-refractivity contribution in [2.75, 3.05) is 6.54 Å². The average molecular weight is 415 g/mol. The van der Waals surface area contributed by atoms with Crippen molar-refractivity contribution >= 4 is 60.5 Å². The third kappa shape index (κ3) is 4.19. The van der Waals surface area contributed by atoms with Crippen LogP contribution < -0.4 is 4.72 Å². The molecule has 0 amide bonds. The number of nitrogens with one attached hydrogen (secondary N) is 1. The van der Waals surface area contributed by atoms with Crippen molar-refractivity contribution in [2.24, 2.45) is 0 Å². The fourth-order valence-corrected chi connectivity index (χ4v) is 5.24. The normalized spacial score (nSPS) is 11.8. The van der Waals surface area contributed by atoms with Gasteiger partial charge in [0.25, 0.3) is 0 Å². The van der Waals surface area contributed by atoms with Gasteiger partial charge in [-0.1, -0.05) is 35.3 Å². The lowest BCUT2D eigenvalue weighted by Crippen LogP contribution is -2.25. The molecule has 0 fully saturated rings. The quantitative estimate of drug-likeness (QED) is 0.790. The van der Waals surface area contributed by atoms with E-state index in [4.69, 9.17) is 23.2 Å². The first-order chi connectivity index (χ1) is 9.38. The molecule has 1 aromatic heterocycles. The Labute approximate surface area is 140 Å². The van der Waals surface area contributed by atoms with E-state index >= 15 is 0 Å². The zero-order valence-corrected chi connectivity index (χ0v) is 14.8. The van der Waals surface area contributed by atoms with E-state index in [1.165, 1.54) is 6.07 Å². The molecular formula is C12H10BrCl2NO2S2. The van der Waals surface area contributed by atoms with E-state index in [1.54, 1.807) is 6.07 Å². The van der Waals surface area contributed by atoms with E-state index in [0.29, 0.717) is 26.8 Å². The van der Waals surface area contributed by atoms with Crippen LogP contribution in [0.1, 0.15) is 5.56 Å². The number of halogens is 3. The molecule has 1 aromatic carbocycles. The molecule has 3 nitrogen and oxygen atoms in total. The fraction of sp³-hybridized carbons (Fsp3) is 0.167. The molecule has 2 rings (SSSR count). The Morgan fingerprint density at radius 1 is 1.25 bits per heavy atom. The summed E-state index contributed by atoms with van der Waals surface area (Å²) in [6.07, 6.45) is 0.570. The van der Waals surface area contributed by atoms with E-state index in [1.807, 2.05) is 18.2 Å². The predicted octanol–water partition coefficient (Wildman–Crippen LogP) is 4.34. The van der Waals surface area contributed by atoms with Gasteiger partial charge in [-0.2, -0.15) is 0 Å². The van der Waals surface area contributed by atoms with Gasteiger partial charge in [-0.15, -0.1) is 11.3 Å². The molecule has 0 saturated heterocycles. The summed E-state index contributed by atoms with van der Waals surface area (Å²) in [6, 6.07) is 8.76. The first-order valence-electron chi connectivity index (χ1n) is 5.57. The molecule has 8 heteroatoms. The summed E-state index contributed by atoms with van der Waals surface area (Å²) in [5, 5.41) is 1.03. The lowest BCUT2D eigenvalue weighted by Gasteiger charge is -2.05. The Kier molecular flexibility index (Phi) is 5.50. The lowest BCUT2D eigenvalue weighted by molar-refractivity contribution is 0.584. The number of hydrogen-bond acceptors (Lipinski definition) is 3. The molecular weight excluding hydrogens is 405 g/mol. The minimum atomic E-state index is -3.52. The largest absolute Gasteiger partial charge is 0.250 e. The predicted molar refractivity (Wildman–Crippen MR) is 87.4 cm³/mol. The highest BCUT2D eigenvalue weighted by Crippen LogP contribution is 2.34. The standard InChI is InChI=1S/C12H10BrCl2NO2S2/c13-12-10(15)7-11(19-12)20(17,18)16-5-4-8-2-1-3-9(14)6-8/h1-3,6-7,16H,4-5H2. The number of sulfonamides is 1. The topological polar surface area (TPSA) is 46.2 Å². The summed E-state index contributed by atoms with van der Waals surface area (Å²) in [5.41, 5.74) is 0.977. The maximum Gasteiger partial charge on any atom is 0.250 e. The molecule has 1 heterocycles. The molecule has 108 valence electrons. The Morgan fingerprint density at radius 2 is 2.00 bits per heavy atom. The van der Waals surface area contributed by atoms with Crippen LogP contribution in [0.25, 0.3) is 0 Å².